The SMILES string of the molecule is CC.CC.Cc1cc(N2CCC(c3ccccc3F)CC2)cc(C)c1N. The Balaban J connectivity index is 0.000000791. The molecule has 1 aliphatic heterocycles. The second-order valence-electron chi connectivity index (χ2n) is 6.28. The first kappa shape index (κ1) is 22.0. The molecule has 3 rings (SSSR count). The highest BCUT2D eigenvalue weighted by Crippen LogP contribution is 2.33. The highest BCUT2D eigenvalue weighted by atomic mass is 19.1. The molecule has 2 aromatic rings. The number of nitrogens with zero attached hydrogens (tertiary/aromatic N) is 1. The third-order valence-electron chi connectivity index (χ3n) is 4.78. The van der Waals surface area contributed by atoms with Crippen LogP contribution < -0.4 is 10.6 Å². The summed E-state index contributed by atoms with van der Waals surface area (Å²) >= 11 is 0. The van der Waals surface area contributed by atoms with Gasteiger partial charge in [-0.2, -0.15) is 0 Å². The van der Waals surface area contributed by atoms with E-state index in [9.17, 15) is 4.39 Å². The molecule has 0 bridgehead atoms. The van der Waals surface area contributed by atoms with Gasteiger partial charge in [0.2, 0.25) is 0 Å². The Morgan fingerprint density at radius 2 is 1.42 bits per heavy atom. The Hall–Kier alpha value is -2.03. The summed E-state index contributed by atoms with van der Waals surface area (Å²) in [6.45, 7) is 14.0. The summed E-state index contributed by atoms with van der Waals surface area (Å²) < 4.78 is 13.9. The van der Waals surface area contributed by atoms with E-state index in [0.717, 1.165) is 48.3 Å². The Morgan fingerprint density at radius 1 is 0.923 bits per heavy atom. The number of piperidine rings is 1. The van der Waals surface area contributed by atoms with E-state index >= 15 is 0 Å². The van der Waals surface area contributed by atoms with Crippen molar-refractivity contribution in [2.24, 2.45) is 0 Å². The summed E-state index contributed by atoms with van der Waals surface area (Å²) in [6.07, 6.45) is 1.98. The fourth-order valence-electron chi connectivity index (χ4n) is 3.39. The topological polar surface area (TPSA) is 29.3 Å². The van der Waals surface area contributed by atoms with Crippen LogP contribution in [0.3, 0.4) is 0 Å². The zero-order chi connectivity index (χ0) is 19.7. The molecule has 26 heavy (non-hydrogen) atoms. The number of nitrogens with two attached hydrogens (primary N) is 1. The Morgan fingerprint density at radius 3 is 1.92 bits per heavy atom. The van der Waals surface area contributed by atoms with Crippen molar-refractivity contribution < 1.29 is 4.39 Å². The number of halogens is 1. The Bertz CT molecular complexity index is 651. The van der Waals surface area contributed by atoms with Crippen LogP contribution in [0.2, 0.25) is 0 Å². The van der Waals surface area contributed by atoms with Crippen LogP contribution in [0.4, 0.5) is 15.8 Å². The molecule has 0 spiro atoms. The molecule has 0 radical (unpaired) electrons. The van der Waals surface area contributed by atoms with Crippen LogP contribution in [0, 0.1) is 19.7 Å². The normalized spacial score (nSPS) is 14.0. The van der Waals surface area contributed by atoms with E-state index in [1.54, 1.807) is 12.1 Å². The summed E-state index contributed by atoms with van der Waals surface area (Å²) in [6, 6.07) is 11.5. The average molecular weight is 359 g/mol. The second-order valence-corrected chi connectivity index (χ2v) is 6.28. The van der Waals surface area contributed by atoms with Gasteiger partial charge >= 0.3 is 0 Å². The molecule has 0 saturated carbocycles. The van der Waals surface area contributed by atoms with Crippen molar-refractivity contribution in [2.45, 2.75) is 60.3 Å². The lowest BCUT2D eigenvalue weighted by atomic mass is 9.89. The van der Waals surface area contributed by atoms with E-state index in [4.69, 9.17) is 5.73 Å². The predicted octanol–water partition coefficient (Wildman–Crippen LogP) is 6.46. The van der Waals surface area contributed by atoms with Gasteiger partial charge in [0.1, 0.15) is 5.82 Å². The molecular formula is C23H35FN2. The molecule has 0 aromatic heterocycles. The summed E-state index contributed by atoms with van der Waals surface area (Å²) in [4.78, 5) is 2.39. The van der Waals surface area contributed by atoms with Gasteiger partial charge in [-0.25, -0.2) is 4.39 Å². The van der Waals surface area contributed by atoms with Crippen molar-refractivity contribution in [1.29, 1.82) is 0 Å². The minimum Gasteiger partial charge on any atom is -0.398 e. The second kappa shape index (κ2) is 10.8. The Labute approximate surface area is 159 Å². The predicted molar refractivity (Wildman–Crippen MR) is 114 cm³/mol. The van der Waals surface area contributed by atoms with Crippen molar-refractivity contribution in [1.82, 2.24) is 0 Å². The van der Waals surface area contributed by atoms with Crippen LogP contribution >= 0.6 is 0 Å². The van der Waals surface area contributed by atoms with Crippen molar-refractivity contribution in [3.05, 3.63) is 58.9 Å². The molecule has 2 N–H and O–H groups in total. The number of rotatable bonds is 2. The zero-order valence-electron chi connectivity index (χ0n) is 17.3. The number of anilines is 2. The Kier molecular flexibility index (Phi) is 9.18. The molecule has 0 atom stereocenters. The molecule has 0 amide bonds. The van der Waals surface area contributed by atoms with Crippen molar-refractivity contribution >= 4 is 11.4 Å². The van der Waals surface area contributed by atoms with Gasteiger partial charge in [-0.3, -0.25) is 0 Å². The number of benzene rings is 2. The lowest BCUT2D eigenvalue weighted by Gasteiger charge is -2.34. The van der Waals surface area contributed by atoms with Gasteiger partial charge in [0.05, 0.1) is 0 Å². The van der Waals surface area contributed by atoms with Crippen LogP contribution in [0.25, 0.3) is 0 Å². The van der Waals surface area contributed by atoms with E-state index in [-0.39, 0.29) is 5.82 Å². The van der Waals surface area contributed by atoms with Crippen molar-refractivity contribution in [2.75, 3.05) is 23.7 Å². The lowest BCUT2D eigenvalue weighted by molar-refractivity contribution is 0.482. The number of hydrogen-bond donors (Lipinski definition) is 1. The number of aryl methyl sites for hydroxylation is 2. The lowest BCUT2D eigenvalue weighted by Crippen LogP contribution is -2.33. The smallest absolute Gasteiger partial charge is 0.126 e. The summed E-state index contributed by atoms with van der Waals surface area (Å²) in [5, 5.41) is 0. The largest absolute Gasteiger partial charge is 0.398 e. The van der Waals surface area contributed by atoms with Crippen molar-refractivity contribution in [3.63, 3.8) is 0 Å². The van der Waals surface area contributed by atoms with Crippen molar-refractivity contribution in [3.8, 4) is 0 Å². The van der Waals surface area contributed by atoms with Gasteiger partial charge in [0.15, 0.2) is 0 Å². The van der Waals surface area contributed by atoms with Gasteiger partial charge in [-0.05, 0) is 67.5 Å². The average Bonchev–Trinajstić information content (AvgIpc) is 2.69. The molecule has 3 heteroatoms. The quantitative estimate of drug-likeness (QED) is 0.624. The van der Waals surface area contributed by atoms with Gasteiger partial charge in [0.25, 0.3) is 0 Å². The van der Waals surface area contributed by atoms with Crippen LogP contribution in [0.15, 0.2) is 36.4 Å². The van der Waals surface area contributed by atoms with Crippen LogP contribution in [0.5, 0.6) is 0 Å². The van der Waals surface area contributed by atoms with Crippen LogP contribution in [-0.2, 0) is 0 Å². The summed E-state index contributed by atoms with van der Waals surface area (Å²) in [7, 11) is 0. The maximum Gasteiger partial charge on any atom is 0.126 e. The van der Waals surface area contributed by atoms with Gasteiger partial charge in [-0.1, -0.05) is 45.9 Å². The fourth-order valence-corrected chi connectivity index (χ4v) is 3.39. The summed E-state index contributed by atoms with van der Waals surface area (Å²) in [5.74, 6) is 0.258. The molecule has 2 aromatic carbocycles. The van der Waals surface area contributed by atoms with Crippen LogP contribution in [-0.4, -0.2) is 13.1 Å². The number of hydrogen-bond acceptors (Lipinski definition) is 2. The molecule has 1 heterocycles. The van der Waals surface area contributed by atoms with Gasteiger partial charge in [0, 0.05) is 24.5 Å². The molecule has 0 unspecified atom stereocenters. The molecule has 2 nitrogen and oxygen atoms in total. The van der Waals surface area contributed by atoms with E-state index in [2.05, 4.69) is 30.9 Å². The van der Waals surface area contributed by atoms with E-state index in [1.807, 2.05) is 39.8 Å². The molecule has 0 aliphatic carbocycles. The maximum absolute atomic E-state index is 13.9. The first-order chi connectivity index (χ1) is 12.6. The maximum atomic E-state index is 13.9. The fraction of sp³-hybridized carbons (Fsp3) is 0.478. The first-order valence-corrected chi connectivity index (χ1v) is 9.92. The van der Waals surface area contributed by atoms with Gasteiger partial charge in [-0.15, -0.1) is 0 Å². The van der Waals surface area contributed by atoms with E-state index in [1.165, 1.54) is 5.69 Å². The molecule has 1 fully saturated rings. The van der Waals surface area contributed by atoms with Crippen LogP contribution in [0.1, 0.15) is 63.1 Å². The molecular weight excluding hydrogens is 323 g/mol. The third-order valence-corrected chi connectivity index (χ3v) is 4.78. The summed E-state index contributed by atoms with van der Waals surface area (Å²) in [5.41, 5.74) is 11.3. The monoisotopic (exact) mass is 358 g/mol. The highest BCUT2D eigenvalue weighted by Gasteiger charge is 2.23. The van der Waals surface area contributed by atoms with E-state index < -0.39 is 0 Å². The third kappa shape index (κ3) is 5.23. The van der Waals surface area contributed by atoms with E-state index in [0.29, 0.717) is 5.92 Å². The first-order valence-electron chi connectivity index (χ1n) is 9.92. The molecule has 1 aliphatic rings. The highest BCUT2D eigenvalue weighted by molar-refractivity contribution is 5.63. The minimum absolute atomic E-state index is 0.0693. The molecule has 1 saturated heterocycles. The molecule has 144 valence electrons. The standard InChI is InChI=1S/C19H23FN2.2C2H6/c1-13-11-16(12-14(2)19(13)21)22-9-7-15(8-10-22)17-5-3-4-6-18(17)20;2*1-2/h3-6,11-12,15H,7-10,21H2,1-2H3;2*1-2H3. The van der Waals surface area contributed by atoms with Gasteiger partial charge < -0.3 is 10.6 Å². The minimum atomic E-state index is -0.0693. The zero-order valence-corrected chi connectivity index (χ0v) is 17.3. The number of nitrogen functional groups attached to an aromatic ring is 1.